The van der Waals surface area contributed by atoms with E-state index in [0.717, 1.165) is 24.5 Å². The molecule has 0 aliphatic heterocycles. The predicted molar refractivity (Wildman–Crippen MR) is 60.6 cm³/mol. The molecule has 78 valence electrons. The van der Waals surface area contributed by atoms with Crippen LogP contribution in [0.15, 0.2) is 11.6 Å². The Labute approximate surface area is 88.7 Å². The molecular weight excluding hydrogens is 194 g/mol. The van der Waals surface area contributed by atoms with Crippen LogP contribution in [0.25, 0.3) is 0 Å². The van der Waals surface area contributed by atoms with Gasteiger partial charge in [0.1, 0.15) is 0 Å². The van der Waals surface area contributed by atoms with E-state index in [0.29, 0.717) is 0 Å². The molecule has 1 saturated carbocycles. The number of thiazole rings is 1. The largest absolute Gasteiger partial charge is 0.360 e. The number of hydrogen-bond donors (Lipinski definition) is 2. The van der Waals surface area contributed by atoms with E-state index in [1.165, 1.54) is 19.3 Å². The van der Waals surface area contributed by atoms with Gasteiger partial charge in [-0.25, -0.2) is 4.98 Å². The van der Waals surface area contributed by atoms with Gasteiger partial charge in [-0.05, 0) is 12.8 Å². The molecule has 1 aliphatic carbocycles. The summed E-state index contributed by atoms with van der Waals surface area (Å²) in [6.07, 6.45) is 8.00. The van der Waals surface area contributed by atoms with Gasteiger partial charge in [0, 0.05) is 23.7 Å². The van der Waals surface area contributed by atoms with Gasteiger partial charge in [-0.15, -0.1) is 11.3 Å². The highest BCUT2D eigenvalue weighted by Gasteiger charge is 2.27. The topological polar surface area (TPSA) is 50.9 Å². The Kier molecular flexibility index (Phi) is 3.03. The molecule has 0 amide bonds. The van der Waals surface area contributed by atoms with Gasteiger partial charge in [-0.2, -0.15) is 0 Å². The van der Waals surface area contributed by atoms with Crippen molar-refractivity contribution in [2.24, 2.45) is 5.73 Å². The summed E-state index contributed by atoms with van der Waals surface area (Å²) in [5.74, 6) is 0. The molecule has 0 aromatic carbocycles. The Bertz CT molecular complexity index is 265. The summed E-state index contributed by atoms with van der Waals surface area (Å²) in [6, 6.07) is 0. The van der Waals surface area contributed by atoms with Crippen molar-refractivity contribution in [2.45, 2.75) is 37.6 Å². The fourth-order valence-electron chi connectivity index (χ4n) is 2.00. The molecule has 1 aliphatic rings. The van der Waals surface area contributed by atoms with Gasteiger partial charge in [-0.1, -0.05) is 19.3 Å². The number of nitrogens with zero attached hydrogens (tertiary/aromatic N) is 1. The van der Waals surface area contributed by atoms with Crippen molar-refractivity contribution < 1.29 is 0 Å². The van der Waals surface area contributed by atoms with Crippen molar-refractivity contribution in [2.75, 3.05) is 11.9 Å². The zero-order chi connectivity index (χ0) is 9.86. The van der Waals surface area contributed by atoms with Crippen LogP contribution >= 0.6 is 11.3 Å². The van der Waals surface area contributed by atoms with Gasteiger partial charge >= 0.3 is 0 Å². The van der Waals surface area contributed by atoms with Crippen molar-refractivity contribution in [1.29, 1.82) is 0 Å². The fourth-order valence-corrected chi connectivity index (χ4v) is 2.52. The van der Waals surface area contributed by atoms with Crippen LogP contribution in [0.4, 0.5) is 5.13 Å². The molecule has 2 rings (SSSR count). The summed E-state index contributed by atoms with van der Waals surface area (Å²) in [4.78, 5) is 4.18. The van der Waals surface area contributed by atoms with Crippen LogP contribution in [-0.2, 0) is 0 Å². The monoisotopic (exact) mass is 211 g/mol. The molecule has 3 N–H and O–H groups in total. The minimum atomic E-state index is 0.00389. The lowest BCUT2D eigenvalue weighted by Gasteiger charge is -2.33. The van der Waals surface area contributed by atoms with Crippen LogP contribution in [0.5, 0.6) is 0 Å². The minimum Gasteiger partial charge on any atom is -0.360 e. The fraction of sp³-hybridized carbons (Fsp3) is 0.700. The standard InChI is InChI=1S/C10H17N3S/c11-10(4-2-1-3-5-10)8-13-9-12-6-7-14-9/h6-7H,1-5,8,11H2,(H,12,13). The van der Waals surface area contributed by atoms with Crippen LogP contribution in [0.1, 0.15) is 32.1 Å². The Morgan fingerprint density at radius 3 is 2.86 bits per heavy atom. The molecule has 1 aromatic rings. The van der Waals surface area contributed by atoms with E-state index >= 15 is 0 Å². The highest BCUT2D eigenvalue weighted by atomic mass is 32.1. The van der Waals surface area contributed by atoms with Gasteiger partial charge in [-0.3, -0.25) is 0 Å². The zero-order valence-corrected chi connectivity index (χ0v) is 9.15. The van der Waals surface area contributed by atoms with Crippen LogP contribution < -0.4 is 11.1 Å². The lowest BCUT2D eigenvalue weighted by molar-refractivity contribution is 0.311. The van der Waals surface area contributed by atoms with Crippen LogP contribution in [0.2, 0.25) is 0 Å². The molecule has 1 heterocycles. The number of nitrogens with one attached hydrogen (secondary N) is 1. The van der Waals surface area contributed by atoms with E-state index in [1.807, 2.05) is 11.6 Å². The molecule has 0 spiro atoms. The molecule has 1 aromatic heterocycles. The summed E-state index contributed by atoms with van der Waals surface area (Å²) in [5.41, 5.74) is 6.29. The average molecular weight is 211 g/mol. The van der Waals surface area contributed by atoms with Crippen LogP contribution in [-0.4, -0.2) is 17.1 Å². The second-order valence-corrected chi connectivity index (χ2v) is 5.01. The first-order chi connectivity index (χ1) is 6.79. The van der Waals surface area contributed by atoms with Gasteiger partial charge in [0.05, 0.1) is 0 Å². The molecule has 4 heteroatoms. The second-order valence-electron chi connectivity index (χ2n) is 4.11. The summed E-state index contributed by atoms with van der Waals surface area (Å²) in [7, 11) is 0. The van der Waals surface area contributed by atoms with E-state index in [-0.39, 0.29) is 5.54 Å². The van der Waals surface area contributed by atoms with E-state index in [1.54, 1.807) is 11.3 Å². The minimum absolute atomic E-state index is 0.00389. The molecule has 0 unspecified atom stereocenters. The van der Waals surface area contributed by atoms with E-state index < -0.39 is 0 Å². The van der Waals surface area contributed by atoms with E-state index in [2.05, 4.69) is 10.3 Å². The van der Waals surface area contributed by atoms with Crippen molar-refractivity contribution in [3.8, 4) is 0 Å². The average Bonchev–Trinajstić information content (AvgIpc) is 2.69. The van der Waals surface area contributed by atoms with Crippen molar-refractivity contribution in [3.63, 3.8) is 0 Å². The third-order valence-electron chi connectivity index (χ3n) is 2.87. The van der Waals surface area contributed by atoms with Crippen molar-refractivity contribution in [1.82, 2.24) is 4.98 Å². The lowest BCUT2D eigenvalue weighted by atomic mass is 9.82. The van der Waals surface area contributed by atoms with E-state index in [4.69, 9.17) is 5.73 Å². The first kappa shape index (κ1) is 9.93. The summed E-state index contributed by atoms with van der Waals surface area (Å²) in [5, 5.41) is 6.28. The highest BCUT2D eigenvalue weighted by molar-refractivity contribution is 7.13. The lowest BCUT2D eigenvalue weighted by Crippen LogP contribution is -2.47. The van der Waals surface area contributed by atoms with Gasteiger partial charge < -0.3 is 11.1 Å². The SMILES string of the molecule is NC1(CNc2nccs2)CCCCC1. The Morgan fingerprint density at radius 1 is 1.43 bits per heavy atom. The number of rotatable bonds is 3. The van der Waals surface area contributed by atoms with Crippen molar-refractivity contribution >= 4 is 16.5 Å². The summed E-state index contributed by atoms with van der Waals surface area (Å²) < 4.78 is 0. The van der Waals surface area contributed by atoms with E-state index in [9.17, 15) is 0 Å². The zero-order valence-electron chi connectivity index (χ0n) is 8.33. The van der Waals surface area contributed by atoms with Gasteiger partial charge in [0.2, 0.25) is 0 Å². The molecule has 0 saturated heterocycles. The first-order valence-electron chi connectivity index (χ1n) is 5.21. The Morgan fingerprint density at radius 2 is 2.21 bits per heavy atom. The third kappa shape index (κ3) is 2.45. The molecular formula is C10H17N3S. The predicted octanol–water partition coefficient (Wildman–Crippen LogP) is 2.22. The number of aromatic nitrogens is 1. The molecule has 0 bridgehead atoms. The molecule has 0 atom stereocenters. The maximum atomic E-state index is 6.29. The maximum Gasteiger partial charge on any atom is 0.182 e. The number of anilines is 1. The Balaban J connectivity index is 1.84. The normalized spacial score (nSPS) is 20.6. The van der Waals surface area contributed by atoms with Gasteiger partial charge in [0.15, 0.2) is 5.13 Å². The maximum absolute atomic E-state index is 6.29. The van der Waals surface area contributed by atoms with Crippen LogP contribution in [0.3, 0.4) is 0 Å². The smallest absolute Gasteiger partial charge is 0.182 e. The second kappa shape index (κ2) is 4.28. The number of hydrogen-bond acceptors (Lipinski definition) is 4. The summed E-state index contributed by atoms with van der Waals surface area (Å²) in [6.45, 7) is 0.862. The molecule has 3 nitrogen and oxygen atoms in total. The quantitative estimate of drug-likeness (QED) is 0.806. The first-order valence-corrected chi connectivity index (χ1v) is 6.09. The molecule has 1 fully saturated rings. The molecule has 0 radical (unpaired) electrons. The van der Waals surface area contributed by atoms with Gasteiger partial charge in [0.25, 0.3) is 0 Å². The number of nitrogens with two attached hydrogens (primary N) is 1. The highest BCUT2D eigenvalue weighted by Crippen LogP contribution is 2.26. The Hall–Kier alpha value is -0.610. The summed E-state index contributed by atoms with van der Waals surface area (Å²) >= 11 is 1.63. The third-order valence-corrected chi connectivity index (χ3v) is 3.60. The van der Waals surface area contributed by atoms with Crippen LogP contribution in [0, 0.1) is 0 Å². The van der Waals surface area contributed by atoms with Crippen molar-refractivity contribution in [3.05, 3.63) is 11.6 Å². The molecule has 14 heavy (non-hydrogen) atoms.